The number of nitrogens with two attached hydrogens (primary N) is 1. The van der Waals surface area contributed by atoms with E-state index in [1.165, 1.54) is 5.56 Å². The lowest BCUT2D eigenvalue weighted by Gasteiger charge is -2.14. The molecule has 0 aliphatic carbocycles. The second kappa shape index (κ2) is 10.1. The van der Waals surface area contributed by atoms with Gasteiger partial charge in [-0.2, -0.15) is 0 Å². The maximum absolute atomic E-state index is 9.77. The second-order valence-electron chi connectivity index (χ2n) is 5.68. The number of aliphatic carboxylic acids is 2. The van der Waals surface area contributed by atoms with Crippen LogP contribution in [-0.2, 0) is 20.9 Å². The van der Waals surface area contributed by atoms with Crippen molar-refractivity contribution in [1.29, 1.82) is 0 Å². The molecule has 1 aromatic rings. The first kappa shape index (κ1) is 21.0. The molecule has 0 radical (unpaired) electrons. The summed E-state index contributed by atoms with van der Waals surface area (Å²) in [6.07, 6.45) is -4.34. The Bertz CT molecular complexity index is 537. The molecule has 1 aliphatic rings. The summed E-state index contributed by atoms with van der Waals surface area (Å²) in [4.78, 5) is 21.9. The molecule has 9 nitrogen and oxygen atoms in total. The summed E-state index contributed by atoms with van der Waals surface area (Å²) < 4.78 is 5.32. The first-order chi connectivity index (χ1) is 11.8. The number of carboxylic acids is 2. The monoisotopic (exact) mass is 356 g/mol. The average Bonchev–Trinajstić information content (AvgIpc) is 2.94. The van der Waals surface area contributed by atoms with Gasteiger partial charge in [0.1, 0.15) is 0 Å². The van der Waals surface area contributed by atoms with Crippen molar-refractivity contribution in [1.82, 2.24) is 4.90 Å². The highest BCUT2D eigenvalue weighted by Crippen LogP contribution is 2.14. The molecule has 1 aromatic carbocycles. The highest BCUT2D eigenvalue weighted by Gasteiger charge is 2.30. The number of benzene rings is 1. The quantitative estimate of drug-likeness (QED) is 0.419. The first-order valence-corrected chi connectivity index (χ1v) is 7.62. The van der Waals surface area contributed by atoms with Crippen molar-refractivity contribution in [2.24, 2.45) is 5.73 Å². The number of hydrogen-bond acceptors (Lipinski definition) is 7. The highest BCUT2D eigenvalue weighted by atomic mass is 16.5. The fraction of sp³-hybridized carbons (Fsp3) is 0.500. The topological polar surface area (TPSA) is 154 Å². The Morgan fingerprint density at radius 1 is 1.16 bits per heavy atom. The third-order valence-corrected chi connectivity index (χ3v) is 3.74. The maximum Gasteiger partial charge on any atom is 0.335 e. The van der Waals surface area contributed by atoms with Crippen LogP contribution in [0.15, 0.2) is 30.3 Å². The Labute approximate surface area is 145 Å². The first-order valence-electron chi connectivity index (χ1n) is 7.62. The number of hydrogen-bond donors (Lipinski definition) is 5. The number of aliphatic hydroxyl groups excluding tert-OH is 2. The molecule has 140 valence electrons. The summed E-state index contributed by atoms with van der Waals surface area (Å²) in [5.74, 6) is -3.54. The molecule has 9 heteroatoms. The predicted molar refractivity (Wildman–Crippen MR) is 87.8 cm³/mol. The van der Waals surface area contributed by atoms with E-state index in [9.17, 15) is 9.59 Å². The molecular weight excluding hydrogens is 332 g/mol. The van der Waals surface area contributed by atoms with E-state index in [1.54, 1.807) is 7.11 Å². The minimum atomic E-state index is -2.27. The van der Waals surface area contributed by atoms with Gasteiger partial charge in [-0.3, -0.25) is 4.90 Å². The molecule has 1 heterocycles. The van der Waals surface area contributed by atoms with Gasteiger partial charge in [0, 0.05) is 32.8 Å². The number of nitrogens with zero attached hydrogens (tertiary/aromatic N) is 1. The Kier molecular flexibility index (Phi) is 8.46. The van der Waals surface area contributed by atoms with E-state index in [0.29, 0.717) is 0 Å². The third-order valence-electron chi connectivity index (χ3n) is 3.74. The average molecular weight is 356 g/mol. The van der Waals surface area contributed by atoms with Crippen molar-refractivity contribution in [3.63, 3.8) is 0 Å². The number of methoxy groups -OCH3 is 1. The highest BCUT2D eigenvalue weighted by molar-refractivity contribution is 5.83. The van der Waals surface area contributed by atoms with Crippen LogP contribution in [0.2, 0.25) is 0 Å². The zero-order valence-electron chi connectivity index (χ0n) is 13.9. The van der Waals surface area contributed by atoms with Crippen molar-refractivity contribution in [3.8, 4) is 0 Å². The Morgan fingerprint density at radius 2 is 1.68 bits per heavy atom. The van der Waals surface area contributed by atoms with Crippen LogP contribution >= 0.6 is 0 Å². The SMILES string of the molecule is CO[C@H]1CN(Cc2ccccc2)C[C@@H]1N.O=C(O)C(O)C(O)C(=O)O. The lowest BCUT2D eigenvalue weighted by molar-refractivity contribution is -0.165. The minimum absolute atomic E-state index is 0.152. The Balaban J connectivity index is 0.000000275. The fourth-order valence-electron chi connectivity index (χ4n) is 2.37. The summed E-state index contributed by atoms with van der Waals surface area (Å²) in [5.41, 5.74) is 7.30. The largest absolute Gasteiger partial charge is 0.479 e. The summed E-state index contributed by atoms with van der Waals surface area (Å²) in [6, 6.07) is 10.6. The van der Waals surface area contributed by atoms with Gasteiger partial charge in [-0.05, 0) is 5.56 Å². The van der Waals surface area contributed by atoms with Gasteiger partial charge in [0.2, 0.25) is 0 Å². The van der Waals surface area contributed by atoms with E-state index in [2.05, 4.69) is 29.2 Å². The molecule has 2 rings (SSSR count). The molecule has 0 aromatic heterocycles. The molecule has 6 N–H and O–H groups in total. The van der Waals surface area contributed by atoms with Crippen LogP contribution < -0.4 is 5.73 Å². The smallest absolute Gasteiger partial charge is 0.335 e. The van der Waals surface area contributed by atoms with E-state index in [4.69, 9.17) is 30.9 Å². The number of aliphatic hydroxyl groups is 2. The van der Waals surface area contributed by atoms with E-state index >= 15 is 0 Å². The van der Waals surface area contributed by atoms with Crippen molar-refractivity contribution >= 4 is 11.9 Å². The summed E-state index contributed by atoms with van der Waals surface area (Å²) in [7, 11) is 1.73. The minimum Gasteiger partial charge on any atom is -0.479 e. The summed E-state index contributed by atoms with van der Waals surface area (Å²) in [6.45, 7) is 2.83. The molecule has 1 aliphatic heterocycles. The normalized spacial score (nSPS) is 22.6. The molecule has 0 saturated carbocycles. The zero-order valence-corrected chi connectivity index (χ0v) is 13.9. The number of carboxylic acid groups (broad SMARTS) is 2. The van der Waals surface area contributed by atoms with Gasteiger partial charge in [0.05, 0.1) is 6.10 Å². The van der Waals surface area contributed by atoms with E-state index in [1.807, 2.05) is 6.07 Å². The molecule has 1 fully saturated rings. The molecule has 0 amide bonds. The number of carbonyl (C=O) groups is 2. The van der Waals surface area contributed by atoms with Crippen LogP contribution in [0.25, 0.3) is 0 Å². The lowest BCUT2D eigenvalue weighted by Crippen LogP contribution is -2.39. The molecule has 1 saturated heterocycles. The Hall–Kier alpha value is -2.04. The van der Waals surface area contributed by atoms with Gasteiger partial charge in [0.15, 0.2) is 12.2 Å². The van der Waals surface area contributed by atoms with Crippen molar-refractivity contribution in [3.05, 3.63) is 35.9 Å². The van der Waals surface area contributed by atoms with Gasteiger partial charge >= 0.3 is 11.9 Å². The van der Waals surface area contributed by atoms with Gasteiger partial charge in [-0.1, -0.05) is 30.3 Å². The summed E-state index contributed by atoms with van der Waals surface area (Å²) >= 11 is 0. The standard InChI is InChI=1S/C12H18N2O.C4H6O6/c1-15-12-9-14(8-11(12)13)7-10-5-3-2-4-6-10;5-1(3(7)8)2(6)4(9)10/h2-6,11-12H,7-9,13H2,1H3;1-2,5-6H,(H,7,8)(H,9,10)/t11-,12-;/m0./s1. The van der Waals surface area contributed by atoms with Crippen molar-refractivity contribution < 1.29 is 34.8 Å². The van der Waals surface area contributed by atoms with Crippen LogP contribution in [0.3, 0.4) is 0 Å². The fourth-order valence-corrected chi connectivity index (χ4v) is 2.37. The molecule has 0 spiro atoms. The van der Waals surface area contributed by atoms with E-state index in [-0.39, 0.29) is 12.1 Å². The summed E-state index contributed by atoms with van der Waals surface area (Å²) in [5, 5.41) is 32.5. The van der Waals surface area contributed by atoms with E-state index in [0.717, 1.165) is 19.6 Å². The van der Waals surface area contributed by atoms with Crippen LogP contribution in [0.5, 0.6) is 0 Å². The maximum atomic E-state index is 9.77. The number of ether oxygens (including phenoxy) is 1. The van der Waals surface area contributed by atoms with Crippen molar-refractivity contribution in [2.75, 3.05) is 20.2 Å². The number of rotatable bonds is 6. The zero-order chi connectivity index (χ0) is 19.0. The van der Waals surface area contributed by atoms with Crippen LogP contribution in [0.4, 0.5) is 0 Å². The van der Waals surface area contributed by atoms with Gasteiger partial charge in [-0.25, -0.2) is 9.59 Å². The number of likely N-dealkylation sites (tertiary alicyclic amines) is 1. The van der Waals surface area contributed by atoms with Gasteiger partial charge in [-0.15, -0.1) is 0 Å². The van der Waals surface area contributed by atoms with Crippen LogP contribution in [0, 0.1) is 0 Å². The molecule has 2 unspecified atom stereocenters. The second-order valence-corrected chi connectivity index (χ2v) is 5.68. The van der Waals surface area contributed by atoms with E-state index < -0.39 is 24.1 Å². The molecule has 25 heavy (non-hydrogen) atoms. The van der Waals surface area contributed by atoms with Gasteiger partial charge < -0.3 is 30.9 Å². The predicted octanol–water partition coefficient (Wildman–Crippen LogP) is -1.28. The van der Waals surface area contributed by atoms with Crippen LogP contribution in [0.1, 0.15) is 5.56 Å². The molecular formula is C16H24N2O7. The molecule has 0 bridgehead atoms. The third kappa shape index (κ3) is 6.77. The lowest BCUT2D eigenvalue weighted by atomic mass is 10.2. The van der Waals surface area contributed by atoms with Crippen molar-refractivity contribution in [2.45, 2.75) is 30.9 Å². The Morgan fingerprint density at radius 3 is 2.08 bits per heavy atom. The van der Waals surface area contributed by atoms with Gasteiger partial charge in [0.25, 0.3) is 0 Å². The van der Waals surface area contributed by atoms with Crippen LogP contribution in [-0.4, -0.2) is 81.8 Å². The molecule has 4 atom stereocenters.